The molecule has 2 aliphatic heterocycles. The predicted molar refractivity (Wildman–Crippen MR) is 134 cm³/mol. The van der Waals surface area contributed by atoms with Crippen LogP contribution >= 0.6 is 11.6 Å². The molecule has 2 saturated heterocycles. The molecule has 4 heterocycles. The van der Waals surface area contributed by atoms with E-state index in [1.165, 1.54) is 24.4 Å². The summed E-state index contributed by atoms with van der Waals surface area (Å²) in [5.74, 6) is 0.650. The van der Waals surface area contributed by atoms with E-state index in [4.69, 9.17) is 16.3 Å². The lowest BCUT2D eigenvalue weighted by Crippen LogP contribution is -2.48. The molecular formula is C25H23ClF6N6O. The van der Waals surface area contributed by atoms with Crippen LogP contribution in [0.2, 0.25) is 5.02 Å². The summed E-state index contributed by atoms with van der Waals surface area (Å²) >= 11 is 5.81. The van der Waals surface area contributed by atoms with Crippen LogP contribution in [0.15, 0.2) is 42.6 Å². The number of hydrogen-bond acceptors (Lipinski definition) is 7. The molecule has 0 atom stereocenters. The lowest BCUT2D eigenvalue weighted by atomic mass is 10.1. The molecule has 0 saturated carbocycles. The SMILES string of the molecule is FC(F)(F)c1cc(-c2cc(N3CCOCC3)nc(N3CCN(c4ncccc4C(F)(F)F)CC3)n2)ccc1Cl. The van der Waals surface area contributed by atoms with Gasteiger partial charge in [0.05, 0.1) is 35.1 Å². The van der Waals surface area contributed by atoms with Crippen molar-refractivity contribution in [3.05, 3.63) is 58.7 Å². The third-order valence-corrected chi connectivity index (χ3v) is 6.89. The third kappa shape index (κ3) is 5.98. The topological polar surface area (TPSA) is 57.6 Å². The van der Waals surface area contributed by atoms with Gasteiger partial charge in [-0.2, -0.15) is 31.3 Å². The molecule has 0 amide bonds. The molecule has 0 N–H and O–H groups in total. The van der Waals surface area contributed by atoms with Crippen LogP contribution in [0.3, 0.4) is 0 Å². The molecule has 3 aromatic rings. The van der Waals surface area contributed by atoms with E-state index in [0.717, 1.165) is 12.1 Å². The molecule has 0 radical (unpaired) electrons. The summed E-state index contributed by atoms with van der Waals surface area (Å²) in [6.45, 7) is 3.04. The fourth-order valence-corrected chi connectivity index (χ4v) is 4.78. The molecule has 2 fully saturated rings. The Morgan fingerprint density at radius 3 is 2.08 bits per heavy atom. The maximum atomic E-state index is 13.5. The van der Waals surface area contributed by atoms with Gasteiger partial charge in [-0.25, -0.2) is 9.97 Å². The van der Waals surface area contributed by atoms with Crippen LogP contribution in [0.1, 0.15) is 11.1 Å². The Balaban J connectivity index is 1.46. The van der Waals surface area contributed by atoms with Gasteiger partial charge in [-0.15, -0.1) is 0 Å². The maximum Gasteiger partial charge on any atom is 0.419 e. The number of hydrogen-bond donors (Lipinski definition) is 0. The van der Waals surface area contributed by atoms with Crippen molar-refractivity contribution in [2.24, 2.45) is 0 Å². The molecule has 0 aliphatic carbocycles. The fourth-order valence-electron chi connectivity index (χ4n) is 4.56. The molecule has 0 unspecified atom stereocenters. The monoisotopic (exact) mass is 572 g/mol. The minimum absolute atomic E-state index is 0.144. The van der Waals surface area contributed by atoms with E-state index in [1.54, 1.807) is 15.9 Å². The van der Waals surface area contributed by atoms with E-state index in [-0.39, 0.29) is 49.2 Å². The normalized spacial score (nSPS) is 17.1. The summed E-state index contributed by atoms with van der Waals surface area (Å²) in [5, 5.41) is -0.419. The molecular weight excluding hydrogens is 550 g/mol. The van der Waals surface area contributed by atoms with Crippen LogP contribution in [0.5, 0.6) is 0 Å². The Morgan fingerprint density at radius 1 is 0.744 bits per heavy atom. The molecule has 5 rings (SSSR count). The van der Waals surface area contributed by atoms with Gasteiger partial charge in [0.25, 0.3) is 0 Å². The number of aromatic nitrogens is 3. The largest absolute Gasteiger partial charge is 0.419 e. The number of benzene rings is 1. The maximum absolute atomic E-state index is 13.5. The number of nitrogens with zero attached hydrogens (tertiary/aromatic N) is 6. The van der Waals surface area contributed by atoms with E-state index in [2.05, 4.69) is 15.0 Å². The van der Waals surface area contributed by atoms with Gasteiger partial charge in [-0.1, -0.05) is 17.7 Å². The molecule has 208 valence electrons. The summed E-state index contributed by atoms with van der Waals surface area (Å²) in [6, 6.07) is 7.46. The molecule has 7 nitrogen and oxygen atoms in total. The van der Waals surface area contributed by atoms with Crippen molar-refractivity contribution < 1.29 is 31.1 Å². The van der Waals surface area contributed by atoms with Crippen molar-refractivity contribution in [2.75, 3.05) is 67.2 Å². The highest BCUT2D eigenvalue weighted by molar-refractivity contribution is 6.31. The van der Waals surface area contributed by atoms with E-state index in [0.29, 0.717) is 32.1 Å². The summed E-state index contributed by atoms with van der Waals surface area (Å²) in [6.07, 6.45) is -7.87. The molecule has 1 aromatic carbocycles. The zero-order chi connectivity index (χ0) is 27.8. The highest BCUT2D eigenvalue weighted by Crippen LogP contribution is 2.38. The number of anilines is 3. The lowest BCUT2D eigenvalue weighted by Gasteiger charge is -2.37. The predicted octanol–water partition coefficient (Wildman–Crippen LogP) is 5.39. The Morgan fingerprint density at radius 2 is 1.41 bits per heavy atom. The second kappa shape index (κ2) is 10.7. The number of alkyl halides is 6. The third-order valence-electron chi connectivity index (χ3n) is 6.56. The van der Waals surface area contributed by atoms with Gasteiger partial charge in [0.15, 0.2) is 0 Å². The van der Waals surface area contributed by atoms with Gasteiger partial charge < -0.3 is 19.4 Å². The Kier molecular flexibility index (Phi) is 7.47. The van der Waals surface area contributed by atoms with Crippen molar-refractivity contribution in [2.45, 2.75) is 12.4 Å². The van der Waals surface area contributed by atoms with Crippen LogP contribution < -0.4 is 14.7 Å². The van der Waals surface area contributed by atoms with Gasteiger partial charge in [0.1, 0.15) is 11.6 Å². The number of rotatable bonds is 4. The average molecular weight is 573 g/mol. The number of halogens is 7. The minimum atomic E-state index is -4.65. The molecule has 2 aliphatic rings. The quantitative estimate of drug-likeness (QED) is 0.389. The van der Waals surface area contributed by atoms with Crippen LogP contribution in [-0.4, -0.2) is 67.4 Å². The summed E-state index contributed by atoms with van der Waals surface area (Å²) in [5.41, 5.74) is -1.30. The van der Waals surface area contributed by atoms with E-state index in [1.807, 2.05) is 4.90 Å². The Bertz CT molecular complexity index is 1320. The van der Waals surface area contributed by atoms with Crippen LogP contribution in [0.4, 0.5) is 43.9 Å². The fraction of sp³-hybridized carbons (Fsp3) is 0.400. The number of pyridine rings is 1. The summed E-state index contributed by atoms with van der Waals surface area (Å²) in [4.78, 5) is 18.5. The van der Waals surface area contributed by atoms with E-state index in [9.17, 15) is 26.3 Å². The first-order valence-corrected chi connectivity index (χ1v) is 12.5. The number of piperazine rings is 1. The van der Waals surface area contributed by atoms with Crippen molar-refractivity contribution >= 4 is 29.2 Å². The number of morpholine rings is 1. The number of ether oxygens (including phenoxy) is 1. The van der Waals surface area contributed by atoms with Crippen molar-refractivity contribution in [3.8, 4) is 11.3 Å². The van der Waals surface area contributed by atoms with Gasteiger partial charge in [-0.3, -0.25) is 0 Å². The first kappa shape index (κ1) is 27.3. The van der Waals surface area contributed by atoms with Crippen molar-refractivity contribution in [1.29, 1.82) is 0 Å². The highest BCUT2D eigenvalue weighted by atomic mass is 35.5. The average Bonchev–Trinajstić information content (AvgIpc) is 2.92. The van der Waals surface area contributed by atoms with Gasteiger partial charge in [-0.05, 0) is 24.3 Å². The van der Waals surface area contributed by atoms with E-state index >= 15 is 0 Å². The highest BCUT2D eigenvalue weighted by Gasteiger charge is 2.37. The van der Waals surface area contributed by atoms with Crippen molar-refractivity contribution in [1.82, 2.24) is 15.0 Å². The Hall–Kier alpha value is -3.32. The summed E-state index contributed by atoms with van der Waals surface area (Å²) in [7, 11) is 0. The zero-order valence-corrected chi connectivity index (χ0v) is 21.2. The first-order chi connectivity index (χ1) is 18.5. The van der Waals surface area contributed by atoms with Gasteiger partial charge in [0, 0.05) is 57.1 Å². The molecule has 0 spiro atoms. The summed E-state index contributed by atoms with van der Waals surface area (Å²) < 4.78 is 86.5. The van der Waals surface area contributed by atoms with Crippen molar-refractivity contribution in [3.63, 3.8) is 0 Å². The molecule has 14 heteroatoms. The van der Waals surface area contributed by atoms with E-state index < -0.39 is 28.5 Å². The smallest absolute Gasteiger partial charge is 0.378 e. The van der Waals surface area contributed by atoms with Gasteiger partial charge >= 0.3 is 12.4 Å². The first-order valence-electron chi connectivity index (χ1n) is 12.1. The van der Waals surface area contributed by atoms with Crippen LogP contribution in [0.25, 0.3) is 11.3 Å². The molecule has 2 aromatic heterocycles. The molecule has 0 bridgehead atoms. The van der Waals surface area contributed by atoms with Crippen LogP contribution in [0, 0.1) is 0 Å². The lowest BCUT2D eigenvalue weighted by molar-refractivity contribution is -0.138. The van der Waals surface area contributed by atoms with Crippen LogP contribution in [-0.2, 0) is 17.1 Å². The minimum Gasteiger partial charge on any atom is -0.378 e. The van der Waals surface area contributed by atoms with Gasteiger partial charge in [0.2, 0.25) is 5.95 Å². The standard InChI is InChI=1S/C25H23ClF6N6O/c26-19-4-3-16(14-18(19)25(30,31)32)20-15-21(36-10-12-39-13-11-36)35-23(34-20)38-8-6-37(7-9-38)22-17(24(27,28)29)2-1-5-33-22/h1-5,14-15H,6-13H2. The zero-order valence-electron chi connectivity index (χ0n) is 20.4. The second-order valence-corrected chi connectivity index (χ2v) is 9.46. The second-order valence-electron chi connectivity index (χ2n) is 9.05. The molecule has 39 heavy (non-hydrogen) atoms. The Labute approximate surface area is 225 Å².